The second-order valence-electron chi connectivity index (χ2n) is 16.6. The van der Waals surface area contributed by atoms with Gasteiger partial charge in [0.25, 0.3) is 0 Å². The molecule has 0 spiro atoms. The molecular weight excluding hydrogens is 825 g/mol. The van der Waals surface area contributed by atoms with Crippen molar-refractivity contribution in [2.24, 2.45) is 5.41 Å². The Morgan fingerprint density at radius 1 is 0.538 bits per heavy atom. The normalized spacial score (nSPS) is 11.5. The van der Waals surface area contributed by atoms with Gasteiger partial charge in [0.1, 0.15) is 60.9 Å². The van der Waals surface area contributed by atoms with Crippen molar-refractivity contribution in [3.63, 3.8) is 0 Å². The summed E-state index contributed by atoms with van der Waals surface area (Å²) in [5.41, 5.74) is 3.26. The summed E-state index contributed by atoms with van der Waals surface area (Å²) in [6, 6.07) is 26.1. The van der Waals surface area contributed by atoms with Gasteiger partial charge in [0.05, 0.1) is 48.6 Å². The molecule has 0 saturated carbocycles. The first-order valence-corrected chi connectivity index (χ1v) is 22.5. The van der Waals surface area contributed by atoms with Crippen LogP contribution in [0.25, 0.3) is 21.8 Å². The summed E-state index contributed by atoms with van der Waals surface area (Å²) in [5, 5.41) is 1.69. The van der Waals surface area contributed by atoms with Crippen molar-refractivity contribution in [3.8, 4) is 34.5 Å². The van der Waals surface area contributed by atoms with Crippen molar-refractivity contribution < 1.29 is 47.5 Å². The lowest BCUT2D eigenvalue weighted by Gasteiger charge is -2.29. The summed E-state index contributed by atoms with van der Waals surface area (Å²) >= 11 is 0. The minimum absolute atomic E-state index is 0.00872. The molecule has 344 valence electrons. The van der Waals surface area contributed by atoms with Crippen molar-refractivity contribution in [1.82, 2.24) is 9.97 Å². The van der Waals surface area contributed by atoms with Crippen LogP contribution in [0.2, 0.25) is 0 Å². The van der Waals surface area contributed by atoms with Gasteiger partial charge in [-0.3, -0.25) is 19.6 Å². The molecule has 12 nitrogen and oxygen atoms in total. The number of hydrogen-bond acceptors (Lipinski definition) is 12. The first-order chi connectivity index (χ1) is 31.5. The molecule has 0 atom stereocenters. The number of pyridine rings is 2. The van der Waals surface area contributed by atoms with Gasteiger partial charge in [0.15, 0.2) is 5.41 Å². The lowest BCUT2D eigenvalue weighted by Crippen LogP contribution is -2.42. The summed E-state index contributed by atoms with van der Waals surface area (Å²) in [5.74, 6) is 2.91. The second kappa shape index (κ2) is 22.9. The van der Waals surface area contributed by atoms with E-state index in [-0.39, 0.29) is 38.6 Å². The lowest BCUT2D eigenvalue weighted by molar-refractivity contribution is -0.176. The predicted molar refractivity (Wildman–Crippen MR) is 251 cm³/mol. The Labute approximate surface area is 382 Å². The van der Waals surface area contributed by atoms with E-state index in [1.165, 1.54) is 0 Å². The number of hydrogen-bond donors (Lipinski definition) is 0. The Morgan fingerprint density at radius 3 is 1.28 bits per heavy atom. The number of rotatable bonds is 24. The van der Waals surface area contributed by atoms with E-state index in [1.54, 1.807) is 26.6 Å². The molecule has 65 heavy (non-hydrogen) atoms. The highest BCUT2D eigenvalue weighted by atomic mass is 16.6. The van der Waals surface area contributed by atoms with Crippen LogP contribution in [-0.2, 0) is 45.5 Å². The fourth-order valence-corrected chi connectivity index (χ4v) is 7.42. The van der Waals surface area contributed by atoms with Crippen molar-refractivity contribution in [1.29, 1.82) is 0 Å². The standard InChI is InChI=1S/C53H62N2O10/c1-9-11-25-53(26-12-10-2,51(56)62-31-37-13-17-41(18-14-37)60-33-39-29-54-47-23-21-43(58-7)27-45(47)49(39)64-35(3)4)52(57)63-32-38-15-19-42(20-16-38)61-34-40-30-55-48-24-22-44(59-8)28-46(48)50(40)65-36(5)6/h13-24,27-30,35-36H,9-12,25-26,31-34H2,1-8H3. The summed E-state index contributed by atoms with van der Waals surface area (Å²) < 4.78 is 47.6. The highest BCUT2D eigenvalue weighted by molar-refractivity contribution is 6.00. The van der Waals surface area contributed by atoms with E-state index in [2.05, 4.69) is 9.97 Å². The van der Waals surface area contributed by atoms with Crippen molar-refractivity contribution in [3.05, 3.63) is 120 Å². The first-order valence-electron chi connectivity index (χ1n) is 22.5. The summed E-state index contributed by atoms with van der Waals surface area (Å²) in [6.07, 6.45) is 7.02. The van der Waals surface area contributed by atoms with Gasteiger partial charge in [-0.25, -0.2) is 0 Å². The molecule has 0 fully saturated rings. The highest BCUT2D eigenvalue weighted by Gasteiger charge is 2.48. The van der Waals surface area contributed by atoms with Crippen LogP contribution in [0, 0.1) is 5.41 Å². The van der Waals surface area contributed by atoms with Gasteiger partial charge in [-0.15, -0.1) is 0 Å². The number of nitrogens with zero attached hydrogens (tertiary/aromatic N) is 2. The maximum absolute atomic E-state index is 14.1. The van der Waals surface area contributed by atoms with Gasteiger partial charge in [0.2, 0.25) is 0 Å². The smallest absolute Gasteiger partial charge is 0.323 e. The molecule has 12 heteroatoms. The number of aromatic nitrogens is 2. The number of benzene rings is 4. The van der Waals surface area contributed by atoms with Crippen LogP contribution in [0.15, 0.2) is 97.3 Å². The van der Waals surface area contributed by atoms with Crippen LogP contribution in [0.1, 0.15) is 102 Å². The number of carbonyl (C=O) groups is 2. The van der Waals surface area contributed by atoms with E-state index in [0.717, 1.165) is 56.9 Å². The SMILES string of the molecule is CCCCC(CCCC)(C(=O)OCc1ccc(OCc2cnc3ccc(OC)cc3c2OC(C)C)cc1)C(=O)OCc1ccc(OCc2cnc3ccc(OC)cc3c2OC(C)C)cc1. The number of methoxy groups -OCH3 is 2. The highest BCUT2D eigenvalue weighted by Crippen LogP contribution is 2.37. The number of carbonyl (C=O) groups excluding carboxylic acids is 2. The average Bonchev–Trinajstić information content (AvgIpc) is 3.32. The molecule has 0 radical (unpaired) electrons. The van der Waals surface area contributed by atoms with Crippen LogP contribution in [0.4, 0.5) is 0 Å². The van der Waals surface area contributed by atoms with E-state index in [4.69, 9.17) is 37.9 Å². The van der Waals surface area contributed by atoms with E-state index < -0.39 is 17.4 Å². The van der Waals surface area contributed by atoms with Crippen molar-refractivity contribution in [2.75, 3.05) is 14.2 Å². The Balaban J connectivity index is 1.08. The summed E-state index contributed by atoms with van der Waals surface area (Å²) in [6.45, 7) is 12.4. The van der Waals surface area contributed by atoms with Crippen LogP contribution >= 0.6 is 0 Å². The molecule has 0 amide bonds. The predicted octanol–water partition coefficient (Wildman–Crippen LogP) is 11.7. The maximum Gasteiger partial charge on any atom is 0.323 e. The van der Waals surface area contributed by atoms with Gasteiger partial charge in [-0.05, 0) is 112 Å². The second-order valence-corrected chi connectivity index (χ2v) is 16.6. The number of ether oxygens (including phenoxy) is 8. The summed E-state index contributed by atoms with van der Waals surface area (Å²) in [7, 11) is 3.26. The Bertz CT molecular complexity index is 2330. The monoisotopic (exact) mass is 886 g/mol. The van der Waals surface area contributed by atoms with Crippen LogP contribution in [0.3, 0.4) is 0 Å². The minimum Gasteiger partial charge on any atom is -0.497 e. The fraction of sp³-hybridized carbons (Fsp3) is 0.396. The third kappa shape index (κ3) is 12.4. The van der Waals surface area contributed by atoms with E-state index in [1.807, 2.05) is 126 Å². The maximum atomic E-state index is 14.1. The van der Waals surface area contributed by atoms with Gasteiger partial charge in [0, 0.05) is 23.2 Å². The van der Waals surface area contributed by atoms with Crippen LogP contribution in [0.5, 0.6) is 34.5 Å². The Morgan fingerprint density at radius 2 is 0.923 bits per heavy atom. The van der Waals surface area contributed by atoms with E-state index in [0.29, 0.717) is 60.2 Å². The topological polar surface area (TPSA) is 134 Å². The molecule has 2 aromatic heterocycles. The van der Waals surface area contributed by atoms with Crippen molar-refractivity contribution >= 4 is 33.7 Å². The van der Waals surface area contributed by atoms with Crippen LogP contribution in [-0.4, -0.2) is 48.3 Å². The molecule has 0 unspecified atom stereocenters. The van der Waals surface area contributed by atoms with E-state index in [9.17, 15) is 9.59 Å². The number of fused-ring (bicyclic) bond motifs is 2. The number of esters is 2. The molecule has 4 aromatic carbocycles. The molecule has 0 aliphatic heterocycles. The zero-order valence-corrected chi connectivity index (χ0v) is 38.9. The minimum atomic E-state index is -1.43. The quantitative estimate of drug-likeness (QED) is 0.0423. The zero-order chi connectivity index (χ0) is 46.3. The zero-order valence-electron chi connectivity index (χ0n) is 38.9. The largest absolute Gasteiger partial charge is 0.497 e. The van der Waals surface area contributed by atoms with Crippen LogP contribution < -0.4 is 28.4 Å². The fourth-order valence-electron chi connectivity index (χ4n) is 7.42. The third-order valence-electron chi connectivity index (χ3n) is 11.0. The van der Waals surface area contributed by atoms with Crippen molar-refractivity contribution in [2.45, 2.75) is 119 Å². The van der Waals surface area contributed by atoms with E-state index >= 15 is 0 Å². The van der Waals surface area contributed by atoms with Gasteiger partial charge >= 0.3 is 11.9 Å². The molecule has 2 heterocycles. The van der Waals surface area contributed by atoms with Gasteiger partial charge in [-0.1, -0.05) is 63.8 Å². The summed E-state index contributed by atoms with van der Waals surface area (Å²) in [4.78, 5) is 37.4. The molecule has 0 bridgehead atoms. The first kappa shape index (κ1) is 47.9. The average molecular weight is 887 g/mol. The molecule has 0 aliphatic carbocycles. The molecule has 0 N–H and O–H groups in total. The lowest BCUT2D eigenvalue weighted by atomic mass is 9.78. The van der Waals surface area contributed by atoms with Gasteiger partial charge < -0.3 is 37.9 Å². The molecular formula is C53H62N2O10. The molecule has 6 aromatic rings. The Hall–Kier alpha value is -6.56. The Kier molecular flexibility index (Phi) is 16.9. The molecule has 6 rings (SSSR count). The number of unbranched alkanes of at least 4 members (excludes halogenated alkanes) is 2. The molecule has 0 saturated heterocycles. The molecule has 0 aliphatic rings. The van der Waals surface area contributed by atoms with Gasteiger partial charge in [-0.2, -0.15) is 0 Å². The third-order valence-corrected chi connectivity index (χ3v) is 11.0.